The van der Waals surface area contributed by atoms with Crippen LogP contribution in [0.2, 0.25) is 0 Å². The zero-order valence-corrected chi connectivity index (χ0v) is 8.16. The number of hydrogen-bond acceptors (Lipinski definition) is 4. The van der Waals surface area contributed by atoms with Gasteiger partial charge in [-0.2, -0.15) is 0 Å². The fourth-order valence-corrected chi connectivity index (χ4v) is 1.65. The predicted octanol–water partition coefficient (Wildman–Crippen LogP) is 0.948. The van der Waals surface area contributed by atoms with Crippen LogP contribution >= 0.6 is 0 Å². The summed E-state index contributed by atoms with van der Waals surface area (Å²) in [5, 5.41) is 9.75. The summed E-state index contributed by atoms with van der Waals surface area (Å²) in [4.78, 5) is 20.0. The third kappa shape index (κ3) is 1.15. The van der Waals surface area contributed by atoms with Crippen LogP contribution in [0.4, 0.5) is 0 Å². The van der Waals surface area contributed by atoms with Gasteiger partial charge < -0.3 is 5.11 Å². The fourth-order valence-electron chi connectivity index (χ4n) is 1.65. The molecule has 78 valence electrons. The lowest BCUT2D eigenvalue weighted by Gasteiger charge is -2.02. The Morgan fingerprint density at radius 3 is 2.94 bits per heavy atom. The lowest BCUT2D eigenvalue weighted by Crippen LogP contribution is -2.15. The van der Waals surface area contributed by atoms with Gasteiger partial charge in [-0.1, -0.05) is 12.1 Å². The molecule has 5 nitrogen and oxygen atoms in total. The molecule has 2 heterocycles. The van der Waals surface area contributed by atoms with Crippen molar-refractivity contribution in [3.05, 3.63) is 47.0 Å². The van der Waals surface area contributed by atoms with Gasteiger partial charge in [0.25, 0.3) is 5.56 Å². The van der Waals surface area contributed by atoms with E-state index in [9.17, 15) is 9.90 Å². The summed E-state index contributed by atoms with van der Waals surface area (Å²) in [5.41, 5.74) is 0.833. The average molecular weight is 213 g/mol. The summed E-state index contributed by atoms with van der Waals surface area (Å²) >= 11 is 0. The molecule has 0 aliphatic rings. The molecule has 1 aromatic carbocycles. The van der Waals surface area contributed by atoms with Gasteiger partial charge in [0.15, 0.2) is 5.65 Å². The lowest BCUT2D eigenvalue weighted by atomic mass is 10.2. The van der Waals surface area contributed by atoms with E-state index >= 15 is 0 Å². The summed E-state index contributed by atoms with van der Waals surface area (Å²) in [6.45, 7) is 0. The molecule has 0 aliphatic carbocycles. The molecule has 0 spiro atoms. The van der Waals surface area contributed by atoms with E-state index < -0.39 is 0 Å². The Hall–Kier alpha value is -2.43. The lowest BCUT2D eigenvalue weighted by molar-refractivity contribution is 0.449. The molecule has 5 heteroatoms. The first-order valence-corrected chi connectivity index (χ1v) is 4.72. The molecule has 16 heavy (non-hydrogen) atoms. The van der Waals surface area contributed by atoms with Crippen molar-refractivity contribution in [2.24, 2.45) is 0 Å². The maximum Gasteiger partial charge on any atom is 0.265 e. The summed E-state index contributed by atoms with van der Waals surface area (Å²) < 4.78 is 1.28. The Morgan fingerprint density at radius 2 is 2.06 bits per heavy atom. The summed E-state index contributed by atoms with van der Waals surface area (Å²) in [6, 6.07) is 7.07. The summed E-state index contributed by atoms with van der Waals surface area (Å²) in [6.07, 6.45) is 2.63. The largest absolute Gasteiger partial charge is 0.492 e. The summed E-state index contributed by atoms with van der Waals surface area (Å²) in [7, 11) is 0. The van der Waals surface area contributed by atoms with Gasteiger partial charge in [-0.15, -0.1) is 0 Å². The molecule has 1 N–H and O–H groups in total. The SMILES string of the molecule is O=c1c2ccccc2nc2cnc(O)cn12. The first kappa shape index (κ1) is 8.84. The van der Waals surface area contributed by atoms with Gasteiger partial charge in [0.1, 0.15) is 0 Å². The predicted molar refractivity (Wildman–Crippen MR) is 58.4 cm³/mol. The van der Waals surface area contributed by atoms with E-state index in [1.807, 2.05) is 6.07 Å². The van der Waals surface area contributed by atoms with Crippen molar-refractivity contribution in [2.75, 3.05) is 0 Å². The first-order valence-electron chi connectivity index (χ1n) is 4.72. The number of aromatic hydroxyl groups is 1. The number of hydrogen-bond donors (Lipinski definition) is 1. The molecule has 3 rings (SSSR count). The van der Waals surface area contributed by atoms with Gasteiger partial charge in [0.05, 0.1) is 23.3 Å². The maximum atomic E-state index is 12.0. The number of para-hydroxylation sites is 1. The first-order chi connectivity index (χ1) is 7.75. The average Bonchev–Trinajstić information content (AvgIpc) is 2.31. The second-order valence-electron chi connectivity index (χ2n) is 3.41. The van der Waals surface area contributed by atoms with Crippen molar-refractivity contribution >= 4 is 16.6 Å². The molecule has 0 atom stereocenters. The molecule has 0 amide bonds. The van der Waals surface area contributed by atoms with Gasteiger partial charge in [0, 0.05) is 0 Å². The molecule has 0 saturated heterocycles. The summed E-state index contributed by atoms with van der Waals surface area (Å²) in [5.74, 6) is -0.202. The topological polar surface area (TPSA) is 67.5 Å². The highest BCUT2D eigenvalue weighted by molar-refractivity contribution is 5.79. The van der Waals surface area contributed by atoms with E-state index in [-0.39, 0.29) is 11.4 Å². The zero-order valence-electron chi connectivity index (χ0n) is 8.16. The molecule has 2 aromatic heterocycles. The molecular formula is C11H7N3O2. The number of fused-ring (bicyclic) bond motifs is 2. The molecule has 0 radical (unpaired) electrons. The molecule has 0 bridgehead atoms. The van der Waals surface area contributed by atoms with Crippen molar-refractivity contribution in [1.82, 2.24) is 14.4 Å². The number of aromatic nitrogens is 3. The Labute approximate surface area is 89.6 Å². The van der Waals surface area contributed by atoms with Crippen LogP contribution in [0.15, 0.2) is 41.5 Å². The Kier molecular flexibility index (Phi) is 1.67. The maximum absolute atomic E-state index is 12.0. The van der Waals surface area contributed by atoms with Gasteiger partial charge >= 0.3 is 0 Å². The Bertz CT molecular complexity index is 749. The van der Waals surface area contributed by atoms with E-state index in [0.717, 1.165) is 0 Å². The molecule has 0 fully saturated rings. The molecule has 0 saturated carbocycles. The van der Waals surface area contributed by atoms with Gasteiger partial charge in [0.2, 0.25) is 5.88 Å². The van der Waals surface area contributed by atoms with Gasteiger partial charge in [-0.25, -0.2) is 9.97 Å². The monoisotopic (exact) mass is 213 g/mol. The van der Waals surface area contributed by atoms with Crippen molar-refractivity contribution in [1.29, 1.82) is 0 Å². The normalized spacial score (nSPS) is 11.0. The van der Waals surface area contributed by atoms with Crippen LogP contribution in [0.5, 0.6) is 5.88 Å². The van der Waals surface area contributed by atoms with Gasteiger partial charge in [-0.05, 0) is 12.1 Å². The van der Waals surface area contributed by atoms with Crippen molar-refractivity contribution in [3.63, 3.8) is 0 Å². The highest BCUT2D eigenvalue weighted by Gasteiger charge is 2.05. The molecule has 0 unspecified atom stereocenters. The van der Waals surface area contributed by atoms with Crippen molar-refractivity contribution in [3.8, 4) is 5.88 Å². The standard InChI is InChI=1S/C11H7N3O2/c15-10-6-14-9(5-12-10)13-8-4-2-1-3-7(8)11(14)16/h1-6,15H. The van der Waals surface area contributed by atoms with Crippen LogP contribution in [-0.2, 0) is 0 Å². The van der Waals surface area contributed by atoms with Crippen LogP contribution < -0.4 is 5.56 Å². The second kappa shape index (κ2) is 3.03. The number of rotatable bonds is 0. The fraction of sp³-hybridized carbons (Fsp3) is 0. The van der Waals surface area contributed by atoms with E-state index in [4.69, 9.17) is 0 Å². The van der Waals surface area contributed by atoms with Crippen LogP contribution in [0.25, 0.3) is 16.6 Å². The highest BCUT2D eigenvalue weighted by Crippen LogP contribution is 2.09. The van der Waals surface area contributed by atoms with Gasteiger partial charge in [-0.3, -0.25) is 9.20 Å². The van der Waals surface area contributed by atoms with Crippen LogP contribution in [-0.4, -0.2) is 19.5 Å². The Balaban J connectivity index is 2.61. The molecule has 3 aromatic rings. The smallest absolute Gasteiger partial charge is 0.265 e. The third-order valence-corrected chi connectivity index (χ3v) is 2.39. The van der Waals surface area contributed by atoms with Crippen LogP contribution in [0.3, 0.4) is 0 Å². The van der Waals surface area contributed by atoms with Crippen molar-refractivity contribution in [2.45, 2.75) is 0 Å². The zero-order chi connectivity index (χ0) is 11.1. The van der Waals surface area contributed by atoms with E-state index in [2.05, 4.69) is 9.97 Å². The minimum Gasteiger partial charge on any atom is -0.492 e. The van der Waals surface area contributed by atoms with E-state index in [0.29, 0.717) is 16.6 Å². The van der Waals surface area contributed by atoms with E-state index in [1.165, 1.54) is 16.8 Å². The molecular weight excluding hydrogens is 206 g/mol. The second-order valence-corrected chi connectivity index (χ2v) is 3.41. The van der Waals surface area contributed by atoms with E-state index in [1.54, 1.807) is 18.2 Å². The number of benzene rings is 1. The number of nitrogens with zero attached hydrogens (tertiary/aromatic N) is 3. The third-order valence-electron chi connectivity index (χ3n) is 2.39. The van der Waals surface area contributed by atoms with Crippen LogP contribution in [0.1, 0.15) is 0 Å². The van der Waals surface area contributed by atoms with Crippen LogP contribution in [0, 0.1) is 0 Å². The molecule has 0 aliphatic heterocycles. The minimum absolute atomic E-state index is 0.202. The minimum atomic E-state index is -0.210. The Morgan fingerprint density at radius 1 is 1.25 bits per heavy atom. The highest BCUT2D eigenvalue weighted by atomic mass is 16.3. The van der Waals surface area contributed by atoms with Crippen molar-refractivity contribution < 1.29 is 5.11 Å². The quantitative estimate of drug-likeness (QED) is 0.564.